The fraction of sp³-hybridized carbons (Fsp3) is 0.100. The first-order valence-corrected chi connectivity index (χ1v) is 4.13. The highest BCUT2D eigenvalue weighted by atomic mass is 19.4. The standard InChI is InChI=1S/C10H6F3NO/c11-10(12,13)8-3-1-2-6-5-14-9(15)4-7(6)8/h1-5H,(H,14,15). The maximum atomic E-state index is 12.5. The first-order valence-electron chi connectivity index (χ1n) is 4.13. The molecule has 0 amide bonds. The van der Waals surface area contributed by atoms with Crippen molar-refractivity contribution in [3.8, 4) is 5.88 Å². The molecule has 0 saturated heterocycles. The highest BCUT2D eigenvalue weighted by molar-refractivity contribution is 5.86. The molecule has 0 bridgehead atoms. The van der Waals surface area contributed by atoms with Gasteiger partial charge < -0.3 is 5.11 Å². The molecule has 0 aliphatic carbocycles. The van der Waals surface area contributed by atoms with Gasteiger partial charge in [0.1, 0.15) is 0 Å². The fourth-order valence-electron chi connectivity index (χ4n) is 1.41. The lowest BCUT2D eigenvalue weighted by molar-refractivity contribution is -0.136. The minimum atomic E-state index is -4.42. The van der Waals surface area contributed by atoms with Crippen LogP contribution in [0.25, 0.3) is 10.8 Å². The van der Waals surface area contributed by atoms with Crippen LogP contribution in [0.1, 0.15) is 5.56 Å². The highest BCUT2D eigenvalue weighted by Gasteiger charge is 2.32. The topological polar surface area (TPSA) is 33.1 Å². The zero-order chi connectivity index (χ0) is 11.1. The van der Waals surface area contributed by atoms with Gasteiger partial charge in [0.2, 0.25) is 5.88 Å². The molecule has 2 aromatic rings. The molecule has 1 aromatic carbocycles. The summed E-state index contributed by atoms with van der Waals surface area (Å²) in [6, 6.07) is 4.81. The number of hydrogen-bond donors (Lipinski definition) is 1. The summed E-state index contributed by atoms with van der Waals surface area (Å²) < 4.78 is 37.6. The Morgan fingerprint density at radius 3 is 2.60 bits per heavy atom. The molecule has 5 heteroatoms. The van der Waals surface area contributed by atoms with Crippen molar-refractivity contribution in [2.24, 2.45) is 0 Å². The van der Waals surface area contributed by atoms with Gasteiger partial charge >= 0.3 is 6.18 Å². The van der Waals surface area contributed by atoms with E-state index < -0.39 is 17.6 Å². The largest absolute Gasteiger partial charge is 0.493 e. The number of hydrogen-bond acceptors (Lipinski definition) is 2. The van der Waals surface area contributed by atoms with Crippen molar-refractivity contribution in [2.75, 3.05) is 0 Å². The SMILES string of the molecule is Oc1cc2c(C(F)(F)F)cccc2cn1. The van der Waals surface area contributed by atoms with E-state index >= 15 is 0 Å². The van der Waals surface area contributed by atoms with Crippen LogP contribution in [0.2, 0.25) is 0 Å². The smallest absolute Gasteiger partial charge is 0.417 e. The van der Waals surface area contributed by atoms with Gasteiger partial charge in [0, 0.05) is 23.0 Å². The maximum absolute atomic E-state index is 12.5. The Morgan fingerprint density at radius 2 is 1.93 bits per heavy atom. The first kappa shape index (κ1) is 9.76. The quantitative estimate of drug-likeness (QED) is 0.729. The van der Waals surface area contributed by atoms with E-state index in [9.17, 15) is 13.2 Å². The van der Waals surface area contributed by atoms with E-state index in [1.807, 2.05) is 0 Å². The van der Waals surface area contributed by atoms with E-state index in [0.717, 1.165) is 12.1 Å². The van der Waals surface area contributed by atoms with Crippen LogP contribution < -0.4 is 0 Å². The lowest BCUT2D eigenvalue weighted by atomic mass is 10.1. The van der Waals surface area contributed by atoms with Crippen molar-refractivity contribution in [3.63, 3.8) is 0 Å². The molecule has 0 fully saturated rings. The van der Waals surface area contributed by atoms with Gasteiger partial charge in [-0.3, -0.25) is 0 Å². The van der Waals surface area contributed by atoms with E-state index in [0.29, 0.717) is 5.39 Å². The molecule has 0 atom stereocenters. The van der Waals surface area contributed by atoms with Crippen LogP contribution in [0, 0.1) is 0 Å². The molecule has 1 heterocycles. The third-order valence-electron chi connectivity index (χ3n) is 2.05. The second-order valence-corrected chi connectivity index (χ2v) is 3.07. The molecular formula is C10H6F3NO. The number of aromatic nitrogens is 1. The molecular weight excluding hydrogens is 207 g/mol. The number of pyridine rings is 1. The van der Waals surface area contributed by atoms with Gasteiger partial charge in [-0.05, 0) is 6.07 Å². The molecule has 0 aliphatic rings. The van der Waals surface area contributed by atoms with Gasteiger partial charge in [-0.25, -0.2) is 4.98 Å². The molecule has 0 unspecified atom stereocenters. The van der Waals surface area contributed by atoms with Crippen molar-refractivity contribution in [1.82, 2.24) is 4.98 Å². The Morgan fingerprint density at radius 1 is 1.20 bits per heavy atom. The van der Waals surface area contributed by atoms with E-state index in [4.69, 9.17) is 5.11 Å². The summed E-state index contributed by atoms with van der Waals surface area (Å²) in [6.07, 6.45) is -3.22. The molecule has 1 N–H and O–H groups in total. The third kappa shape index (κ3) is 1.72. The third-order valence-corrected chi connectivity index (χ3v) is 2.05. The predicted molar refractivity (Wildman–Crippen MR) is 48.4 cm³/mol. The predicted octanol–water partition coefficient (Wildman–Crippen LogP) is 2.96. The second kappa shape index (κ2) is 3.12. The Hall–Kier alpha value is -1.78. The van der Waals surface area contributed by atoms with E-state index in [1.54, 1.807) is 0 Å². The number of halogens is 3. The second-order valence-electron chi connectivity index (χ2n) is 3.07. The summed E-state index contributed by atoms with van der Waals surface area (Å²) in [5.41, 5.74) is -0.766. The summed E-state index contributed by atoms with van der Waals surface area (Å²) in [5.74, 6) is -0.417. The van der Waals surface area contributed by atoms with Gasteiger partial charge in [-0.1, -0.05) is 12.1 Å². The summed E-state index contributed by atoms with van der Waals surface area (Å²) in [4.78, 5) is 3.52. The van der Waals surface area contributed by atoms with E-state index in [-0.39, 0.29) is 5.39 Å². The number of nitrogens with zero attached hydrogens (tertiary/aromatic N) is 1. The Kier molecular flexibility index (Phi) is 2.03. The van der Waals surface area contributed by atoms with Crippen LogP contribution in [-0.4, -0.2) is 10.1 Å². The Bertz CT molecular complexity index is 507. The lowest BCUT2D eigenvalue weighted by Gasteiger charge is -2.09. The fourth-order valence-corrected chi connectivity index (χ4v) is 1.41. The maximum Gasteiger partial charge on any atom is 0.417 e. The number of fused-ring (bicyclic) bond motifs is 1. The first-order chi connectivity index (χ1) is 6.98. The molecule has 15 heavy (non-hydrogen) atoms. The monoisotopic (exact) mass is 213 g/mol. The van der Waals surface area contributed by atoms with Gasteiger partial charge in [0.15, 0.2) is 0 Å². The Labute approximate surface area is 83.0 Å². The van der Waals surface area contributed by atoms with Crippen molar-refractivity contribution >= 4 is 10.8 Å². The molecule has 1 aromatic heterocycles. The molecule has 2 nitrogen and oxygen atoms in total. The number of rotatable bonds is 0. The molecule has 0 spiro atoms. The average molecular weight is 213 g/mol. The molecule has 2 rings (SSSR count). The van der Waals surface area contributed by atoms with Crippen LogP contribution in [0.4, 0.5) is 13.2 Å². The van der Waals surface area contributed by atoms with Crippen LogP contribution in [-0.2, 0) is 6.18 Å². The van der Waals surface area contributed by atoms with Crippen molar-refractivity contribution in [3.05, 3.63) is 36.0 Å². The molecule has 0 aliphatic heterocycles. The molecule has 78 valence electrons. The number of alkyl halides is 3. The molecule has 0 saturated carbocycles. The van der Waals surface area contributed by atoms with Crippen molar-refractivity contribution in [1.29, 1.82) is 0 Å². The minimum Gasteiger partial charge on any atom is -0.493 e. The Balaban J connectivity index is 2.80. The van der Waals surface area contributed by atoms with Crippen molar-refractivity contribution < 1.29 is 18.3 Å². The lowest BCUT2D eigenvalue weighted by Crippen LogP contribution is -2.05. The average Bonchev–Trinajstić information content (AvgIpc) is 2.15. The van der Waals surface area contributed by atoms with Crippen LogP contribution in [0.15, 0.2) is 30.5 Å². The van der Waals surface area contributed by atoms with Gasteiger partial charge in [-0.2, -0.15) is 13.2 Å². The number of aromatic hydroxyl groups is 1. The molecule has 0 radical (unpaired) electrons. The zero-order valence-corrected chi connectivity index (χ0v) is 7.42. The van der Waals surface area contributed by atoms with Crippen LogP contribution in [0.5, 0.6) is 5.88 Å². The summed E-state index contributed by atoms with van der Waals surface area (Å²) >= 11 is 0. The zero-order valence-electron chi connectivity index (χ0n) is 7.42. The summed E-state index contributed by atoms with van der Waals surface area (Å²) in [5, 5.41) is 9.35. The number of benzene rings is 1. The normalized spacial score (nSPS) is 11.9. The summed E-state index contributed by atoms with van der Waals surface area (Å²) in [6.45, 7) is 0. The van der Waals surface area contributed by atoms with E-state index in [1.165, 1.54) is 18.3 Å². The van der Waals surface area contributed by atoms with Gasteiger partial charge in [0.05, 0.1) is 5.56 Å². The van der Waals surface area contributed by atoms with Gasteiger partial charge in [-0.15, -0.1) is 0 Å². The summed E-state index contributed by atoms with van der Waals surface area (Å²) in [7, 11) is 0. The highest BCUT2D eigenvalue weighted by Crippen LogP contribution is 2.35. The van der Waals surface area contributed by atoms with Crippen molar-refractivity contribution in [2.45, 2.75) is 6.18 Å². The van der Waals surface area contributed by atoms with E-state index in [2.05, 4.69) is 4.98 Å². The van der Waals surface area contributed by atoms with Gasteiger partial charge in [0.25, 0.3) is 0 Å². The minimum absolute atomic E-state index is 0.0440. The van der Waals surface area contributed by atoms with Crippen LogP contribution in [0.3, 0.4) is 0 Å². The van der Waals surface area contributed by atoms with Crippen LogP contribution >= 0.6 is 0 Å².